The molecule has 1 unspecified atom stereocenters. The van der Waals surface area contributed by atoms with Gasteiger partial charge in [0, 0.05) is 7.11 Å². The first kappa shape index (κ1) is 8.74. The monoisotopic (exact) mass is 148 g/mol. The van der Waals surface area contributed by atoms with Gasteiger partial charge < -0.3 is 13.9 Å². The van der Waals surface area contributed by atoms with Gasteiger partial charge in [0.25, 0.3) is 0 Å². The summed E-state index contributed by atoms with van der Waals surface area (Å²) in [6, 6.07) is 0. The second-order valence-electron chi connectivity index (χ2n) is 1.30. The molecule has 0 radical (unpaired) electrons. The largest absolute Gasteiger partial charge is 0.333 e. The highest BCUT2D eigenvalue weighted by molar-refractivity contribution is 7.58. The lowest BCUT2D eigenvalue weighted by molar-refractivity contribution is 0.247. The number of rotatable bonds is 3. The number of terminal acetylenes is 1. The van der Waals surface area contributed by atoms with E-state index in [0.29, 0.717) is 0 Å². The van der Waals surface area contributed by atoms with Crippen molar-refractivity contribution in [2.24, 2.45) is 0 Å². The van der Waals surface area contributed by atoms with Gasteiger partial charge in [0.1, 0.15) is 6.61 Å². The molecular formula is C5H9O3P. The Hall–Kier alpha value is -0.260. The van der Waals surface area contributed by atoms with E-state index >= 15 is 0 Å². The topological polar surface area (TPSA) is 38.7 Å². The predicted octanol–water partition coefficient (Wildman–Crippen LogP) is 0.470. The lowest BCUT2D eigenvalue weighted by Crippen LogP contribution is -1.91. The van der Waals surface area contributed by atoms with Crippen molar-refractivity contribution in [3.8, 4) is 12.3 Å². The Morgan fingerprint density at radius 3 is 2.78 bits per heavy atom. The zero-order valence-electron chi connectivity index (χ0n) is 5.20. The van der Waals surface area contributed by atoms with Crippen LogP contribution in [0.1, 0.15) is 0 Å². The Morgan fingerprint density at radius 1 is 1.89 bits per heavy atom. The van der Waals surface area contributed by atoms with Crippen molar-refractivity contribution in [1.29, 1.82) is 0 Å². The van der Waals surface area contributed by atoms with Crippen LogP contribution in [0.4, 0.5) is 0 Å². The van der Waals surface area contributed by atoms with Crippen LogP contribution in [-0.4, -0.2) is 24.9 Å². The molecule has 0 aliphatic rings. The second-order valence-corrected chi connectivity index (χ2v) is 3.20. The third kappa shape index (κ3) is 4.26. The Kier molecular flexibility index (Phi) is 3.60. The molecule has 1 N–H and O–H groups in total. The summed E-state index contributed by atoms with van der Waals surface area (Å²) < 4.78 is 9.10. The molecule has 3 nitrogen and oxygen atoms in total. The number of hydrogen-bond donors (Lipinski definition) is 1. The molecule has 0 aromatic carbocycles. The van der Waals surface area contributed by atoms with E-state index in [4.69, 9.17) is 11.3 Å². The van der Waals surface area contributed by atoms with Gasteiger partial charge in [-0.15, -0.1) is 6.42 Å². The van der Waals surface area contributed by atoms with Crippen molar-refractivity contribution in [3.05, 3.63) is 0 Å². The molecule has 1 atom stereocenters. The van der Waals surface area contributed by atoms with E-state index in [1.165, 1.54) is 7.11 Å². The summed E-state index contributed by atoms with van der Waals surface area (Å²) in [4.78, 5) is 8.91. The van der Waals surface area contributed by atoms with Gasteiger partial charge in [-0.3, -0.25) is 0 Å². The zero-order chi connectivity index (χ0) is 7.33. The van der Waals surface area contributed by atoms with Gasteiger partial charge in [-0.05, 0) is 6.30 Å². The third-order valence-corrected chi connectivity index (χ3v) is 1.74. The van der Waals surface area contributed by atoms with Crippen molar-refractivity contribution >= 4 is 13.9 Å². The molecule has 0 aliphatic heterocycles. The second kappa shape index (κ2) is 3.71. The molecule has 52 valence electrons. The van der Waals surface area contributed by atoms with Gasteiger partial charge >= 0.3 is 0 Å². The lowest BCUT2D eigenvalue weighted by atomic mass is 10.8. The van der Waals surface area contributed by atoms with E-state index in [1.54, 1.807) is 0 Å². The molecule has 0 aromatic rings. The van der Waals surface area contributed by atoms with Crippen LogP contribution < -0.4 is 0 Å². The van der Waals surface area contributed by atoms with Crippen LogP contribution in [0, 0.1) is 12.3 Å². The predicted molar refractivity (Wildman–Crippen MR) is 38.1 cm³/mol. The maximum absolute atomic E-state index is 8.91. The van der Waals surface area contributed by atoms with Crippen molar-refractivity contribution in [3.63, 3.8) is 0 Å². The summed E-state index contributed by atoms with van der Waals surface area (Å²) in [5, 5.41) is 0. The fraction of sp³-hybridized carbons (Fsp3) is 0.400. The summed E-state index contributed by atoms with van der Waals surface area (Å²) in [6.45, 7) is 0.0294. The maximum atomic E-state index is 8.91. The Morgan fingerprint density at radius 2 is 2.44 bits per heavy atom. The molecule has 0 aromatic heterocycles. The van der Waals surface area contributed by atoms with Gasteiger partial charge in [0.2, 0.25) is 7.57 Å². The highest BCUT2D eigenvalue weighted by Gasteiger charge is 2.05. The summed E-state index contributed by atoms with van der Waals surface area (Å²) in [5.41, 5.74) is 0. The van der Waals surface area contributed by atoms with Crippen LogP contribution in [0.5, 0.6) is 0 Å². The van der Waals surface area contributed by atoms with Crippen molar-refractivity contribution < 1.29 is 13.9 Å². The molecule has 0 saturated carbocycles. The van der Waals surface area contributed by atoms with Crippen molar-refractivity contribution in [1.82, 2.24) is 0 Å². The summed E-state index contributed by atoms with van der Waals surface area (Å²) in [5.74, 6) is 2.18. The zero-order valence-corrected chi connectivity index (χ0v) is 6.10. The molecule has 4 heteroatoms. The van der Waals surface area contributed by atoms with Crippen LogP contribution in [0.3, 0.4) is 0 Å². The van der Waals surface area contributed by atoms with Gasteiger partial charge in [0.05, 0.1) is 0 Å². The van der Waals surface area contributed by atoms with E-state index < -0.39 is 7.57 Å². The highest BCUT2D eigenvalue weighted by atomic mass is 31.2. The first-order valence-electron chi connectivity index (χ1n) is 2.22. The molecular weight excluding hydrogens is 139 g/mol. The van der Waals surface area contributed by atoms with E-state index in [2.05, 4.69) is 21.3 Å². The molecule has 0 saturated heterocycles. The first-order valence-corrected chi connectivity index (χ1v) is 3.98. The average molecular weight is 148 g/mol. The minimum atomic E-state index is -2.83. The molecule has 0 amide bonds. The summed E-state index contributed by atoms with van der Waals surface area (Å²) >= 11 is 0. The normalized spacial score (nSPS) is 16.1. The van der Waals surface area contributed by atoms with E-state index in [9.17, 15) is 0 Å². The Labute approximate surface area is 54.8 Å². The minimum Gasteiger partial charge on any atom is -0.333 e. The van der Waals surface area contributed by atoms with Gasteiger partial charge in [0.15, 0.2) is 0 Å². The first-order chi connectivity index (χ1) is 4.12. The van der Waals surface area contributed by atoms with Gasteiger partial charge in [-0.25, -0.2) is 0 Å². The SMILES string of the molecule is C#CCOP(=C)(O)OC. The third-order valence-electron chi connectivity index (χ3n) is 0.635. The fourth-order valence-corrected chi connectivity index (χ4v) is 0.573. The van der Waals surface area contributed by atoms with E-state index in [0.717, 1.165) is 0 Å². The molecule has 0 bridgehead atoms. The minimum absolute atomic E-state index is 0.0294. The quantitative estimate of drug-likeness (QED) is 0.467. The average Bonchev–Trinajstić information content (AvgIpc) is 1.84. The van der Waals surface area contributed by atoms with Crippen molar-refractivity contribution in [2.75, 3.05) is 13.7 Å². The molecule has 0 spiro atoms. The lowest BCUT2D eigenvalue weighted by Gasteiger charge is -2.12. The molecule has 0 aliphatic carbocycles. The summed E-state index contributed by atoms with van der Waals surface area (Å²) in [7, 11) is -1.52. The van der Waals surface area contributed by atoms with Crippen LogP contribution >= 0.6 is 7.57 Å². The Bertz CT molecular complexity index is 158. The molecule has 0 fully saturated rings. The smallest absolute Gasteiger partial charge is 0.248 e. The van der Waals surface area contributed by atoms with Gasteiger partial charge in [-0.1, -0.05) is 5.92 Å². The van der Waals surface area contributed by atoms with Crippen LogP contribution in [0.25, 0.3) is 0 Å². The highest BCUT2D eigenvalue weighted by Crippen LogP contribution is 2.40. The van der Waals surface area contributed by atoms with E-state index in [1.807, 2.05) is 0 Å². The van der Waals surface area contributed by atoms with Crippen LogP contribution in [-0.2, 0) is 9.05 Å². The van der Waals surface area contributed by atoms with Crippen LogP contribution in [0.15, 0.2) is 0 Å². The van der Waals surface area contributed by atoms with Gasteiger partial charge in [-0.2, -0.15) is 0 Å². The maximum Gasteiger partial charge on any atom is 0.248 e. The number of hydrogen-bond acceptors (Lipinski definition) is 3. The van der Waals surface area contributed by atoms with E-state index in [-0.39, 0.29) is 6.61 Å². The standard InChI is InChI=1S/C5H9O3P/c1-4-5-8-9(3,6)7-2/h1,6H,3,5H2,2H3. The molecule has 0 rings (SSSR count). The molecule has 0 heterocycles. The van der Waals surface area contributed by atoms with Crippen LogP contribution in [0.2, 0.25) is 0 Å². The Balaban J connectivity index is 3.63. The fourth-order valence-electron chi connectivity index (χ4n) is 0.191. The summed E-state index contributed by atoms with van der Waals surface area (Å²) in [6.07, 6.45) is 8.09. The molecule has 9 heavy (non-hydrogen) atoms. The van der Waals surface area contributed by atoms with Crippen molar-refractivity contribution in [2.45, 2.75) is 0 Å².